The van der Waals surface area contributed by atoms with Crippen LogP contribution in [0.5, 0.6) is 5.75 Å². The summed E-state index contributed by atoms with van der Waals surface area (Å²) in [5.74, 6) is -0.757. The van der Waals surface area contributed by atoms with Crippen LogP contribution in [0.15, 0.2) is 48.5 Å². The van der Waals surface area contributed by atoms with Crippen LogP contribution >= 0.6 is 0 Å². The first-order valence-corrected chi connectivity index (χ1v) is 10.0. The number of benzene rings is 2. The minimum absolute atomic E-state index is 0.0890. The summed E-state index contributed by atoms with van der Waals surface area (Å²) in [5.41, 5.74) is 7.61. The Balaban J connectivity index is 1.78. The van der Waals surface area contributed by atoms with E-state index in [4.69, 9.17) is 9.47 Å². The second-order valence-electron chi connectivity index (χ2n) is 7.50. The van der Waals surface area contributed by atoms with Crippen LogP contribution in [0.25, 0.3) is 0 Å². The number of carbonyl (C=O) groups is 3. The maximum atomic E-state index is 12.4. The molecule has 0 aliphatic rings. The quantitative estimate of drug-likeness (QED) is 0.562. The Morgan fingerprint density at radius 2 is 1.65 bits per heavy atom. The van der Waals surface area contributed by atoms with Crippen LogP contribution in [0.2, 0.25) is 0 Å². The lowest BCUT2D eigenvalue weighted by molar-refractivity contribution is -0.131. The first-order chi connectivity index (χ1) is 14.8. The van der Waals surface area contributed by atoms with Crippen molar-refractivity contribution < 1.29 is 23.9 Å². The fourth-order valence-electron chi connectivity index (χ4n) is 2.62. The van der Waals surface area contributed by atoms with Gasteiger partial charge in [-0.3, -0.25) is 20.4 Å². The molecule has 0 radical (unpaired) electrons. The van der Waals surface area contributed by atoms with Gasteiger partial charge in [0.15, 0.2) is 6.61 Å². The molecule has 31 heavy (non-hydrogen) atoms. The molecule has 8 heteroatoms. The summed E-state index contributed by atoms with van der Waals surface area (Å²) in [5, 5.41) is 2.52. The predicted octanol–water partition coefficient (Wildman–Crippen LogP) is 2.78. The van der Waals surface area contributed by atoms with Gasteiger partial charge < -0.3 is 14.8 Å². The molecule has 0 spiro atoms. The third-order valence-electron chi connectivity index (χ3n) is 4.61. The molecule has 0 saturated carbocycles. The zero-order chi connectivity index (χ0) is 22.8. The van der Waals surface area contributed by atoms with Crippen LogP contribution in [0.1, 0.15) is 30.5 Å². The number of hydrazine groups is 1. The highest BCUT2D eigenvalue weighted by molar-refractivity contribution is 5.88. The molecule has 8 nitrogen and oxygen atoms in total. The Hall–Kier alpha value is -3.55. The summed E-state index contributed by atoms with van der Waals surface area (Å²) in [6.07, 6.45) is -0.720. The number of carbonyl (C=O) groups excluding carboxylic acids is 3. The highest BCUT2D eigenvalue weighted by Gasteiger charge is 2.25. The van der Waals surface area contributed by atoms with E-state index in [1.54, 1.807) is 19.9 Å². The standard InChI is InChI=1S/C23H29N3O5/c1-15(2)21(24-23(29)31-13-18-8-6-5-7-9-18)22(28)26-25-20(27)14-30-19-11-10-16(3)17(4)12-19/h5-12,15,21H,13-14H2,1-4H3,(H,24,29)(H,25,27)(H,26,28)/t21-/m0/s1. The Morgan fingerprint density at radius 3 is 2.29 bits per heavy atom. The van der Waals surface area contributed by atoms with Crippen LogP contribution in [0.3, 0.4) is 0 Å². The summed E-state index contributed by atoms with van der Waals surface area (Å²) in [7, 11) is 0. The van der Waals surface area contributed by atoms with Gasteiger partial charge in [-0.2, -0.15) is 0 Å². The van der Waals surface area contributed by atoms with Crippen molar-refractivity contribution in [3.05, 3.63) is 65.2 Å². The fourth-order valence-corrected chi connectivity index (χ4v) is 2.62. The van der Waals surface area contributed by atoms with Crippen LogP contribution in [0, 0.1) is 19.8 Å². The van der Waals surface area contributed by atoms with E-state index in [0.29, 0.717) is 5.75 Å². The van der Waals surface area contributed by atoms with E-state index in [0.717, 1.165) is 16.7 Å². The van der Waals surface area contributed by atoms with Crippen molar-refractivity contribution in [3.63, 3.8) is 0 Å². The van der Waals surface area contributed by atoms with Gasteiger partial charge in [-0.15, -0.1) is 0 Å². The zero-order valence-corrected chi connectivity index (χ0v) is 18.2. The molecular weight excluding hydrogens is 398 g/mol. The van der Waals surface area contributed by atoms with Crippen LogP contribution in [-0.2, 0) is 20.9 Å². The van der Waals surface area contributed by atoms with Gasteiger partial charge in [0.05, 0.1) is 0 Å². The van der Waals surface area contributed by atoms with E-state index >= 15 is 0 Å². The number of alkyl carbamates (subject to hydrolysis) is 1. The number of hydrogen-bond acceptors (Lipinski definition) is 5. The van der Waals surface area contributed by atoms with Crippen LogP contribution < -0.4 is 20.9 Å². The molecule has 2 aromatic rings. The molecule has 0 bridgehead atoms. The third kappa shape index (κ3) is 8.00. The van der Waals surface area contributed by atoms with E-state index < -0.39 is 23.9 Å². The van der Waals surface area contributed by atoms with E-state index in [1.165, 1.54) is 0 Å². The highest BCUT2D eigenvalue weighted by atomic mass is 16.5. The van der Waals surface area contributed by atoms with Crippen molar-refractivity contribution >= 4 is 17.9 Å². The maximum absolute atomic E-state index is 12.4. The van der Waals surface area contributed by atoms with E-state index in [2.05, 4.69) is 16.2 Å². The number of rotatable bonds is 8. The van der Waals surface area contributed by atoms with Crippen LogP contribution in [0.4, 0.5) is 4.79 Å². The third-order valence-corrected chi connectivity index (χ3v) is 4.61. The van der Waals surface area contributed by atoms with Gasteiger partial charge in [-0.25, -0.2) is 4.79 Å². The lowest BCUT2D eigenvalue weighted by atomic mass is 10.0. The molecule has 0 unspecified atom stereocenters. The summed E-state index contributed by atoms with van der Waals surface area (Å²) in [4.78, 5) is 36.5. The maximum Gasteiger partial charge on any atom is 0.408 e. The molecule has 3 amide bonds. The van der Waals surface area contributed by atoms with Crippen molar-refractivity contribution in [2.75, 3.05) is 6.61 Å². The molecular formula is C23H29N3O5. The van der Waals surface area contributed by atoms with Crippen molar-refractivity contribution in [1.82, 2.24) is 16.2 Å². The lowest BCUT2D eigenvalue weighted by Gasteiger charge is -2.21. The Morgan fingerprint density at radius 1 is 0.935 bits per heavy atom. The Bertz CT molecular complexity index is 899. The molecule has 0 aliphatic carbocycles. The van der Waals surface area contributed by atoms with Gasteiger partial charge in [0.25, 0.3) is 11.8 Å². The second kappa shape index (κ2) is 11.6. The number of hydrogen-bond donors (Lipinski definition) is 3. The topological polar surface area (TPSA) is 106 Å². The molecule has 0 heterocycles. The smallest absolute Gasteiger partial charge is 0.408 e. The average Bonchev–Trinajstić information content (AvgIpc) is 2.75. The molecule has 2 aromatic carbocycles. The molecule has 166 valence electrons. The molecule has 1 atom stereocenters. The Kier molecular flexibility index (Phi) is 8.87. The molecule has 3 N–H and O–H groups in total. The molecule has 0 saturated heterocycles. The van der Waals surface area contributed by atoms with Gasteiger partial charge in [0.2, 0.25) is 0 Å². The van der Waals surface area contributed by atoms with Gasteiger partial charge in [0.1, 0.15) is 18.4 Å². The SMILES string of the molecule is Cc1ccc(OCC(=O)NNC(=O)[C@@H](NC(=O)OCc2ccccc2)C(C)C)cc1C. The minimum Gasteiger partial charge on any atom is -0.484 e. The largest absolute Gasteiger partial charge is 0.484 e. The monoisotopic (exact) mass is 427 g/mol. The normalized spacial score (nSPS) is 11.4. The van der Waals surface area contributed by atoms with Crippen molar-refractivity contribution in [3.8, 4) is 5.75 Å². The summed E-state index contributed by atoms with van der Waals surface area (Å²) >= 11 is 0. The average molecular weight is 428 g/mol. The van der Waals surface area contributed by atoms with Crippen molar-refractivity contribution in [1.29, 1.82) is 0 Å². The van der Waals surface area contributed by atoms with E-state index in [-0.39, 0.29) is 19.1 Å². The van der Waals surface area contributed by atoms with E-state index in [1.807, 2.05) is 56.3 Å². The highest BCUT2D eigenvalue weighted by Crippen LogP contribution is 2.16. The number of aryl methyl sites for hydroxylation is 2. The molecule has 2 rings (SSSR count). The molecule has 0 fully saturated rings. The van der Waals surface area contributed by atoms with E-state index in [9.17, 15) is 14.4 Å². The molecule has 0 aliphatic heterocycles. The summed E-state index contributed by atoms with van der Waals surface area (Å²) in [6, 6.07) is 13.8. The van der Waals surface area contributed by atoms with Gasteiger partial charge >= 0.3 is 6.09 Å². The lowest BCUT2D eigenvalue weighted by Crippen LogP contribution is -2.55. The predicted molar refractivity (Wildman–Crippen MR) is 116 cm³/mol. The summed E-state index contributed by atoms with van der Waals surface area (Å²) < 4.78 is 10.6. The number of ether oxygens (including phenoxy) is 2. The zero-order valence-electron chi connectivity index (χ0n) is 18.2. The van der Waals surface area contributed by atoms with Gasteiger partial charge in [0, 0.05) is 0 Å². The second-order valence-corrected chi connectivity index (χ2v) is 7.50. The van der Waals surface area contributed by atoms with Crippen molar-refractivity contribution in [2.24, 2.45) is 5.92 Å². The fraction of sp³-hybridized carbons (Fsp3) is 0.348. The Labute approximate surface area is 182 Å². The summed E-state index contributed by atoms with van der Waals surface area (Å²) in [6.45, 7) is 7.30. The minimum atomic E-state index is -0.885. The first-order valence-electron chi connectivity index (χ1n) is 10.0. The first kappa shape index (κ1) is 23.7. The van der Waals surface area contributed by atoms with Gasteiger partial charge in [-0.1, -0.05) is 50.2 Å². The van der Waals surface area contributed by atoms with Crippen LogP contribution in [-0.4, -0.2) is 30.6 Å². The number of nitrogens with one attached hydrogen (secondary N) is 3. The van der Waals surface area contributed by atoms with Crippen molar-refractivity contribution in [2.45, 2.75) is 40.3 Å². The van der Waals surface area contributed by atoms with Gasteiger partial charge in [-0.05, 0) is 48.6 Å². The number of amides is 3. The molecule has 0 aromatic heterocycles.